The van der Waals surface area contributed by atoms with Crippen LogP contribution in [0.15, 0.2) is 71.6 Å². The van der Waals surface area contributed by atoms with Crippen molar-refractivity contribution in [2.75, 3.05) is 17.8 Å². The summed E-state index contributed by atoms with van der Waals surface area (Å²) in [6.07, 6.45) is 1.23. The van der Waals surface area contributed by atoms with Crippen LogP contribution in [-0.2, 0) is 10.0 Å². The molecule has 3 aromatic rings. The lowest BCUT2D eigenvalue weighted by Crippen LogP contribution is -2.40. The van der Waals surface area contributed by atoms with Gasteiger partial charge in [-0.05, 0) is 75.6 Å². The van der Waals surface area contributed by atoms with Crippen LogP contribution in [-0.4, -0.2) is 38.1 Å². The number of sulfonamides is 1. The first-order valence-corrected chi connectivity index (χ1v) is 13.2. The zero-order valence-corrected chi connectivity index (χ0v) is 21.1. The second-order valence-corrected chi connectivity index (χ2v) is 10.9. The average Bonchev–Trinajstić information content (AvgIpc) is 2.85. The number of likely N-dealkylation sites (tertiary alicyclic amines) is 1. The number of aryl methyl sites for hydroxylation is 3. The molecule has 1 aliphatic heterocycles. The van der Waals surface area contributed by atoms with E-state index < -0.39 is 10.0 Å². The molecule has 0 aliphatic carbocycles. The van der Waals surface area contributed by atoms with Crippen LogP contribution >= 0.6 is 0 Å². The number of rotatable bonds is 6. The molecule has 1 saturated heterocycles. The van der Waals surface area contributed by atoms with Crippen LogP contribution < -0.4 is 4.72 Å². The molecule has 7 heteroatoms. The van der Waals surface area contributed by atoms with Crippen molar-refractivity contribution < 1.29 is 18.0 Å². The number of carbonyl (C=O) groups excluding carboxylic acids is 2. The van der Waals surface area contributed by atoms with Gasteiger partial charge in [-0.3, -0.25) is 14.3 Å². The van der Waals surface area contributed by atoms with Crippen LogP contribution in [0.5, 0.6) is 0 Å². The molecule has 1 heterocycles. The van der Waals surface area contributed by atoms with Crippen LogP contribution in [0.1, 0.15) is 50.2 Å². The Hall–Kier alpha value is -3.45. The molecule has 4 rings (SSSR count). The molecule has 0 atom stereocenters. The smallest absolute Gasteiger partial charge is 0.261 e. The topological polar surface area (TPSA) is 83.6 Å². The van der Waals surface area contributed by atoms with Gasteiger partial charge in [-0.15, -0.1) is 0 Å². The quantitative estimate of drug-likeness (QED) is 0.485. The monoisotopic (exact) mass is 490 g/mol. The number of nitrogens with zero attached hydrogens (tertiary/aromatic N) is 1. The summed E-state index contributed by atoms with van der Waals surface area (Å²) in [6, 6.07) is 18.9. The van der Waals surface area contributed by atoms with Crippen molar-refractivity contribution in [1.82, 2.24) is 4.90 Å². The van der Waals surface area contributed by atoms with Gasteiger partial charge in [0.2, 0.25) is 0 Å². The fourth-order valence-corrected chi connectivity index (χ4v) is 5.51. The summed E-state index contributed by atoms with van der Waals surface area (Å²) in [7, 11) is -3.76. The predicted octanol–water partition coefficient (Wildman–Crippen LogP) is 5.15. The fourth-order valence-electron chi connectivity index (χ4n) is 4.45. The van der Waals surface area contributed by atoms with Crippen LogP contribution in [0, 0.1) is 26.7 Å². The van der Waals surface area contributed by atoms with E-state index in [2.05, 4.69) is 4.72 Å². The lowest BCUT2D eigenvalue weighted by atomic mass is 9.87. The van der Waals surface area contributed by atoms with Gasteiger partial charge < -0.3 is 4.90 Å². The summed E-state index contributed by atoms with van der Waals surface area (Å²) < 4.78 is 27.9. The second-order valence-electron chi connectivity index (χ2n) is 9.25. The Kier molecular flexibility index (Phi) is 7.08. The van der Waals surface area contributed by atoms with Crippen molar-refractivity contribution in [3.63, 3.8) is 0 Å². The van der Waals surface area contributed by atoms with Gasteiger partial charge >= 0.3 is 0 Å². The minimum Gasteiger partial charge on any atom is -0.339 e. The van der Waals surface area contributed by atoms with E-state index >= 15 is 0 Å². The van der Waals surface area contributed by atoms with E-state index in [1.807, 2.05) is 51.1 Å². The Bertz CT molecular complexity index is 1340. The maximum Gasteiger partial charge on any atom is 0.261 e. The Morgan fingerprint density at radius 3 is 2.03 bits per heavy atom. The molecule has 0 saturated carbocycles. The molecular formula is C28H30N2O4S. The highest BCUT2D eigenvalue weighted by atomic mass is 32.2. The lowest BCUT2D eigenvalue weighted by molar-refractivity contribution is 0.0650. The number of hydrogen-bond donors (Lipinski definition) is 1. The highest BCUT2D eigenvalue weighted by Gasteiger charge is 2.29. The molecule has 0 aromatic heterocycles. The third-order valence-electron chi connectivity index (χ3n) is 6.52. The van der Waals surface area contributed by atoms with Crippen molar-refractivity contribution >= 4 is 27.4 Å². The number of Topliss-reactive ketones (excluding diaryl/α,β-unsaturated/α-hetero) is 1. The number of piperidine rings is 1. The van der Waals surface area contributed by atoms with Crippen molar-refractivity contribution in [3.8, 4) is 0 Å². The number of hydrogen-bond acceptors (Lipinski definition) is 4. The highest BCUT2D eigenvalue weighted by molar-refractivity contribution is 7.92. The Morgan fingerprint density at radius 2 is 1.43 bits per heavy atom. The molecule has 182 valence electrons. The molecule has 6 nitrogen and oxygen atoms in total. The molecule has 1 N–H and O–H groups in total. The SMILES string of the molecule is Cc1ccc(NS(=O)(=O)c2ccc(C(=O)N3CCC(C(=O)c4ccc(C)cc4C)CC3)cc2)cc1. The van der Waals surface area contributed by atoms with Gasteiger partial charge in [0.15, 0.2) is 5.78 Å². The molecule has 3 aromatic carbocycles. The second kappa shape index (κ2) is 10.0. The fraction of sp³-hybridized carbons (Fsp3) is 0.286. The summed E-state index contributed by atoms with van der Waals surface area (Å²) in [5.41, 5.74) is 4.82. The summed E-state index contributed by atoms with van der Waals surface area (Å²) in [6.45, 7) is 6.89. The van der Waals surface area contributed by atoms with E-state index in [1.54, 1.807) is 29.2 Å². The minimum absolute atomic E-state index is 0.0902. The van der Waals surface area contributed by atoms with E-state index in [9.17, 15) is 18.0 Å². The minimum atomic E-state index is -3.76. The summed E-state index contributed by atoms with van der Waals surface area (Å²) in [5.74, 6) is -0.107. The van der Waals surface area contributed by atoms with E-state index in [0.29, 0.717) is 37.2 Å². The Labute approximate surface area is 207 Å². The first-order valence-electron chi connectivity index (χ1n) is 11.7. The predicted molar refractivity (Wildman–Crippen MR) is 137 cm³/mol. The van der Waals surface area contributed by atoms with Gasteiger partial charge in [0.05, 0.1) is 4.90 Å². The average molecular weight is 491 g/mol. The molecule has 1 aliphatic rings. The lowest BCUT2D eigenvalue weighted by Gasteiger charge is -2.31. The zero-order valence-electron chi connectivity index (χ0n) is 20.2. The van der Waals surface area contributed by atoms with E-state index in [1.165, 1.54) is 12.1 Å². The largest absolute Gasteiger partial charge is 0.339 e. The van der Waals surface area contributed by atoms with Gasteiger partial charge in [-0.1, -0.05) is 41.5 Å². The Balaban J connectivity index is 1.38. The summed E-state index contributed by atoms with van der Waals surface area (Å²) in [4.78, 5) is 27.8. The standard InChI is InChI=1S/C28H30N2O4S/c1-19-4-9-24(10-5-19)29-35(33,34)25-11-7-23(8-12-25)28(32)30-16-14-22(15-17-30)27(31)26-13-6-20(2)18-21(26)3/h4-13,18,22,29H,14-17H2,1-3H3. The van der Waals surface area contributed by atoms with Crippen molar-refractivity contribution in [2.45, 2.75) is 38.5 Å². The first-order chi connectivity index (χ1) is 16.6. The third kappa shape index (κ3) is 5.62. The zero-order chi connectivity index (χ0) is 25.2. The number of anilines is 1. The van der Waals surface area contributed by atoms with Gasteiger partial charge in [-0.25, -0.2) is 8.42 Å². The number of ketones is 1. The van der Waals surface area contributed by atoms with Gasteiger partial charge in [0.25, 0.3) is 15.9 Å². The normalized spacial score (nSPS) is 14.5. The first kappa shape index (κ1) is 24.7. The van der Waals surface area contributed by atoms with Crippen molar-refractivity contribution in [2.24, 2.45) is 5.92 Å². The van der Waals surface area contributed by atoms with Crippen molar-refractivity contribution in [1.29, 1.82) is 0 Å². The van der Waals surface area contributed by atoms with Crippen molar-refractivity contribution in [3.05, 3.63) is 94.5 Å². The van der Waals surface area contributed by atoms with E-state index in [-0.39, 0.29) is 22.5 Å². The molecule has 1 amide bonds. The summed E-state index contributed by atoms with van der Waals surface area (Å²) >= 11 is 0. The number of benzene rings is 3. The van der Waals surface area contributed by atoms with Crippen LogP contribution in [0.25, 0.3) is 0 Å². The number of nitrogens with one attached hydrogen (secondary N) is 1. The van der Waals surface area contributed by atoms with Gasteiger partial charge in [0, 0.05) is 35.8 Å². The molecule has 35 heavy (non-hydrogen) atoms. The maximum atomic E-state index is 13.0. The van der Waals surface area contributed by atoms with E-state index in [4.69, 9.17) is 0 Å². The molecule has 0 spiro atoms. The van der Waals surface area contributed by atoms with Gasteiger partial charge in [0.1, 0.15) is 0 Å². The van der Waals surface area contributed by atoms with Crippen LogP contribution in [0.2, 0.25) is 0 Å². The third-order valence-corrected chi connectivity index (χ3v) is 7.91. The maximum absolute atomic E-state index is 13.0. The molecular weight excluding hydrogens is 460 g/mol. The number of carbonyl (C=O) groups is 2. The molecule has 0 bridgehead atoms. The van der Waals surface area contributed by atoms with Gasteiger partial charge in [-0.2, -0.15) is 0 Å². The highest BCUT2D eigenvalue weighted by Crippen LogP contribution is 2.25. The Morgan fingerprint density at radius 1 is 0.829 bits per heavy atom. The molecule has 0 unspecified atom stereocenters. The number of amides is 1. The van der Waals surface area contributed by atoms with Crippen LogP contribution in [0.4, 0.5) is 5.69 Å². The van der Waals surface area contributed by atoms with E-state index in [0.717, 1.165) is 22.3 Å². The molecule has 0 radical (unpaired) electrons. The molecule has 1 fully saturated rings. The van der Waals surface area contributed by atoms with Crippen LogP contribution in [0.3, 0.4) is 0 Å². The summed E-state index contributed by atoms with van der Waals surface area (Å²) in [5, 5.41) is 0.